The molecule has 0 bridgehead atoms. The molecule has 1 saturated heterocycles. The first-order chi connectivity index (χ1) is 12.3. The Morgan fingerprint density at radius 3 is 2.31 bits per heavy atom. The standard InChI is InChI=1S/C22H28N2O2/c1-16-18(21(25)26-22(2,3)4)12-13-19(24-14-8-9-15-24)20(16)23-17-10-6-5-7-11-17/h5-7,10-13,23H,8-9,14-15H2,1-4H3. The molecule has 2 aromatic carbocycles. The quantitative estimate of drug-likeness (QED) is 0.759. The maximum atomic E-state index is 12.7. The van der Waals surface area contributed by atoms with Gasteiger partial charge in [0.15, 0.2) is 0 Å². The van der Waals surface area contributed by atoms with Gasteiger partial charge in [-0.25, -0.2) is 4.79 Å². The highest BCUT2D eigenvalue weighted by Gasteiger charge is 2.24. The number of para-hydroxylation sites is 1. The fourth-order valence-electron chi connectivity index (χ4n) is 3.30. The molecule has 4 heteroatoms. The van der Waals surface area contributed by atoms with Gasteiger partial charge in [0, 0.05) is 18.8 Å². The maximum absolute atomic E-state index is 12.7. The Morgan fingerprint density at radius 1 is 1.04 bits per heavy atom. The average Bonchev–Trinajstić information content (AvgIpc) is 3.10. The van der Waals surface area contributed by atoms with Crippen LogP contribution in [0.4, 0.5) is 17.1 Å². The largest absolute Gasteiger partial charge is 0.456 e. The first kappa shape index (κ1) is 18.3. The van der Waals surface area contributed by atoms with Crippen molar-refractivity contribution >= 4 is 23.0 Å². The SMILES string of the molecule is Cc1c(C(=O)OC(C)(C)C)ccc(N2CCCC2)c1Nc1ccccc1. The van der Waals surface area contributed by atoms with E-state index in [1.165, 1.54) is 12.8 Å². The van der Waals surface area contributed by atoms with Gasteiger partial charge in [-0.15, -0.1) is 0 Å². The molecule has 26 heavy (non-hydrogen) atoms. The van der Waals surface area contributed by atoms with E-state index >= 15 is 0 Å². The Kier molecular flexibility index (Phi) is 5.21. The smallest absolute Gasteiger partial charge is 0.338 e. The summed E-state index contributed by atoms with van der Waals surface area (Å²) in [6.45, 7) is 9.76. The first-order valence-corrected chi connectivity index (χ1v) is 9.29. The van der Waals surface area contributed by atoms with E-state index in [4.69, 9.17) is 4.74 Å². The summed E-state index contributed by atoms with van der Waals surface area (Å²) in [6, 6.07) is 14.0. The Morgan fingerprint density at radius 2 is 1.69 bits per heavy atom. The number of esters is 1. The molecule has 4 nitrogen and oxygen atoms in total. The maximum Gasteiger partial charge on any atom is 0.338 e. The molecule has 0 radical (unpaired) electrons. The number of hydrogen-bond acceptors (Lipinski definition) is 4. The lowest BCUT2D eigenvalue weighted by Gasteiger charge is -2.26. The second kappa shape index (κ2) is 7.40. The molecular formula is C22H28N2O2. The van der Waals surface area contributed by atoms with Crippen molar-refractivity contribution in [3.05, 3.63) is 53.6 Å². The highest BCUT2D eigenvalue weighted by Crippen LogP contribution is 2.36. The molecule has 0 atom stereocenters. The van der Waals surface area contributed by atoms with Gasteiger partial charge in [-0.3, -0.25) is 0 Å². The number of nitrogens with one attached hydrogen (secondary N) is 1. The summed E-state index contributed by atoms with van der Waals surface area (Å²) < 4.78 is 5.59. The van der Waals surface area contributed by atoms with Crippen LogP contribution in [0.3, 0.4) is 0 Å². The number of nitrogens with zero attached hydrogens (tertiary/aromatic N) is 1. The monoisotopic (exact) mass is 352 g/mol. The summed E-state index contributed by atoms with van der Waals surface area (Å²) in [6.07, 6.45) is 2.41. The third-order valence-electron chi connectivity index (χ3n) is 4.55. The normalized spacial score (nSPS) is 14.4. The molecule has 1 fully saturated rings. The van der Waals surface area contributed by atoms with Crippen LogP contribution in [-0.2, 0) is 4.74 Å². The summed E-state index contributed by atoms with van der Waals surface area (Å²) in [4.78, 5) is 15.0. The molecule has 0 aromatic heterocycles. The number of ether oxygens (including phenoxy) is 1. The van der Waals surface area contributed by atoms with Gasteiger partial charge < -0.3 is 15.0 Å². The molecule has 2 aromatic rings. The van der Waals surface area contributed by atoms with E-state index in [-0.39, 0.29) is 5.97 Å². The van der Waals surface area contributed by atoms with E-state index in [0.717, 1.165) is 35.7 Å². The van der Waals surface area contributed by atoms with Crippen LogP contribution in [0.2, 0.25) is 0 Å². The van der Waals surface area contributed by atoms with Gasteiger partial charge in [0.1, 0.15) is 5.60 Å². The predicted octanol–water partition coefficient (Wildman–Crippen LogP) is 5.29. The van der Waals surface area contributed by atoms with Crippen molar-refractivity contribution in [3.8, 4) is 0 Å². The fraction of sp³-hybridized carbons (Fsp3) is 0.409. The van der Waals surface area contributed by atoms with E-state index in [9.17, 15) is 4.79 Å². The van der Waals surface area contributed by atoms with Gasteiger partial charge in [0.25, 0.3) is 0 Å². The van der Waals surface area contributed by atoms with E-state index in [2.05, 4.69) is 10.2 Å². The topological polar surface area (TPSA) is 41.6 Å². The molecule has 0 saturated carbocycles. The highest BCUT2D eigenvalue weighted by molar-refractivity contribution is 5.96. The molecule has 138 valence electrons. The second-order valence-electron chi connectivity index (χ2n) is 7.82. The zero-order valence-corrected chi connectivity index (χ0v) is 16.1. The lowest BCUT2D eigenvalue weighted by atomic mass is 10.0. The van der Waals surface area contributed by atoms with Crippen LogP contribution >= 0.6 is 0 Å². The van der Waals surface area contributed by atoms with Crippen LogP contribution in [-0.4, -0.2) is 24.7 Å². The van der Waals surface area contributed by atoms with Gasteiger partial charge in [-0.2, -0.15) is 0 Å². The Hall–Kier alpha value is -2.49. The number of hydrogen-bond donors (Lipinski definition) is 1. The number of carbonyl (C=O) groups excluding carboxylic acids is 1. The summed E-state index contributed by atoms with van der Waals surface area (Å²) >= 11 is 0. The number of benzene rings is 2. The highest BCUT2D eigenvalue weighted by atomic mass is 16.6. The van der Waals surface area contributed by atoms with E-state index < -0.39 is 5.60 Å². The van der Waals surface area contributed by atoms with Crippen molar-refractivity contribution in [1.82, 2.24) is 0 Å². The van der Waals surface area contributed by atoms with Crippen LogP contribution in [0, 0.1) is 6.92 Å². The molecule has 1 N–H and O–H groups in total. The van der Waals surface area contributed by atoms with Gasteiger partial charge in [-0.05, 0) is 70.4 Å². The third kappa shape index (κ3) is 4.18. The van der Waals surface area contributed by atoms with Crippen LogP contribution in [0.15, 0.2) is 42.5 Å². The van der Waals surface area contributed by atoms with E-state index in [1.807, 2.05) is 70.2 Å². The lowest BCUT2D eigenvalue weighted by Crippen LogP contribution is -2.25. The molecule has 0 aliphatic carbocycles. The van der Waals surface area contributed by atoms with Crippen molar-refractivity contribution in [2.45, 2.75) is 46.1 Å². The van der Waals surface area contributed by atoms with E-state index in [1.54, 1.807) is 0 Å². The van der Waals surface area contributed by atoms with Crippen LogP contribution in [0.25, 0.3) is 0 Å². The second-order valence-corrected chi connectivity index (χ2v) is 7.82. The van der Waals surface area contributed by atoms with Gasteiger partial charge in [0.2, 0.25) is 0 Å². The summed E-state index contributed by atoms with van der Waals surface area (Å²) in [5.74, 6) is -0.279. The van der Waals surface area contributed by atoms with Gasteiger partial charge >= 0.3 is 5.97 Å². The fourth-order valence-corrected chi connectivity index (χ4v) is 3.30. The number of carbonyl (C=O) groups is 1. The third-order valence-corrected chi connectivity index (χ3v) is 4.55. The van der Waals surface area contributed by atoms with Crippen LogP contribution in [0.1, 0.15) is 49.5 Å². The van der Waals surface area contributed by atoms with Crippen molar-refractivity contribution in [1.29, 1.82) is 0 Å². The van der Waals surface area contributed by atoms with Crippen LogP contribution < -0.4 is 10.2 Å². The van der Waals surface area contributed by atoms with Crippen molar-refractivity contribution in [3.63, 3.8) is 0 Å². The summed E-state index contributed by atoms with van der Waals surface area (Å²) in [5.41, 5.74) is 4.17. The molecular weight excluding hydrogens is 324 g/mol. The predicted molar refractivity (Wildman–Crippen MR) is 108 cm³/mol. The number of rotatable bonds is 4. The zero-order valence-electron chi connectivity index (χ0n) is 16.1. The van der Waals surface area contributed by atoms with E-state index in [0.29, 0.717) is 5.56 Å². The lowest BCUT2D eigenvalue weighted by molar-refractivity contribution is 0.00688. The summed E-state index contributed by atoms with van der Waals surface area (Å²) in [5, 5.41) is 3.53. The zero-order chi connectivity index (χ0) is 18.7. The van der Waals surface area contributed by atoms with Gasteiger partial charge in [-0.1, -0.05) is 18.2 Å². The minimum atomic E-state index is -0.510. The van der Waals surface area contributed by atoms with Crippen molar-refractivity contribution in [2.24, 2.45) is 0 Å². The molecule has 0 amide bonds. The van der Waals surface area contributed by atoms with Crippen molar-refractivity contribution < 1.29 is 9.53 Å². The Bertz CT molecular complexity index is 773. The van der Waals surface area contributed by atoms with Crippen LogP contribution in [0.5, 0.6) is 0 Å². The molecule has 1 aliphatic rings. The Balaban J connectivity index is 2.01. The minimum absolute atomic E-state index is 0.279. The molecule has 1 aliphatic heterocycles. The minimum Gasteiger partial charge on any atom is -0.456 e. The molecule has 1 heterocycles. The molecule has 0 spiro atoms. The molecule has 3 rings (SSSR count). The van der Waals surface area contributed by atoms with Gasteiger partial charge in [0.05, 0.1) is 16.9 Å². The summed E-state index contributed by atoms with van der Waals surface area (Å²) in [7, 11) is 0. The number of anilines is 3. The molecule has 0 unspecified atom stereocenters. The first-order valence-electron chi connectivity index (χ1n) is 9.29. The average molecular weight is 352 g/mol. The van der Waals surface area contributed by atoms with Crippen molar-refractivity contribution in [2.75, 3.05) is 23.3 Å². The Labute approximate surface area is 156 Å².